The monoisotopic (exact) mass is 285 g/mol. The molecule has 102 valence electrons. The lowest BCUT2D eigenvalue weighted by Gasteiger charge is -2.07. The van der Waals surface area contributed by atoms with Crippen LogP contribution in [-0.4, -0.2) is 11.3 Å². The van der Waals surface area contributed by atoms with E-state index in [1.807, 2.05) is 37.3 Å². The highest BCUT2D eigenvalue weighted by Crippen LogP contribution is 2.21. The fourth-order valence-corrected chi connectivity index (χ4v) is 3.12. The fourth-order valence-electron chi connectivity index (χ4n) is 1.92. The van der Waals surface area contributed by atoms with Crippen LogP contribution in [0.3, 0.4) is 0 Å². The predicted molar refractivity (Wildman–Crippen MR) is 79.0 cm³/mol. The minimum absolute atomic E-state index is 0.391. The van der Waals surface area contributed by atoms with Crippen molar-refractivity contribution < 1.29 is 8.95 Å². The molecular formula is C16H15NO2S. The topological polar surface area (TPSA) is 50.1 Å². The zero-order chi connectivity index (χ0) is 14.5. The summed E-state index contributed by atoms with van der Waals surface area (Å²) in [4.78, 5) is 0.805. The number of ether oxygens (including phenoxy) is 1. The smallest absolute Gasteiger partial charge is 0.136 e. The Kier molecular flexibility index (Phi) is 4.54. The third-order valence-corrected chi connectivity index (χ3v) is 4.31. The van der Waals surface area contributed by atoms with E-state index in [0.29, 0.717) is 17.1 Å². The Morgan fingerprint density at radius 3 is 2.70 bits per heavy atom. The second kappa shape index (κ2) is 6.36. The van der Waals surface area contributed by atoms with Gasteiger partial charge in [0.05, 0.1) is 29.2 Å². The molecule has 0 fully saturated rings. The van der Waals surface area contributed by atoms with Gasteiger partial charge in [0.1, 0.15) is 11.8 Å². The van der Waals surface area contributed by atoms with E-state index in [1.54, 1.807) is 12.1 Å². The highest BCUT2D eigenvalue weighted by atomic mass is 32.2. The minimum atomic E-state index is -1.11. The lowest BCUT2D eigenvalue weighted by Crippen LogP contribution is -1.98. The standard InChI is InChI=1S/C16H15NO2S/c1-12-4-3-5-15(8-12)20(18)11-13-6-7-16(19-2)14(9-13)10-17/h3-9H,11H2,1-2H3. The molecule has 1 atom stereocenters. The molecule has 0 bridgehead atoms. The first-order valence-corrected chi connectivity index (χ1v) is 7.48. The van der Waals surface area contributed by atoms with Crippen molar-refractivity contribution in [2.24, 2.45) is 0 Å². The second-order valence-corrected chi connectivity index (χ2v) is 5.90. The van der Waals surface area contributed by atoms with Crippen LogP contribution in [-0.2, 0) is 16.6 Å². The highest BCUT2D eigenvalue weighted by Gasteiger charge is 2.08. The average Bonchev–Trinajstić information content (AvgIpc) is 2.47. The Balaban J connectivity index is 2.22. The maximum Gasteiger partial charge on any atom is 0.136 e. The van der Waals surface area contributed by atoms with Crippen LogP contribution >= 0.6 is 0 Å². The molecule has 0 saturated heterocycles. The van der Waals surface area contributed by atoms with Crippen molar-refractivity contribution in [3.63, 3.8) is 0 Å². The van der Waals surface area contributed by atoms with Gasteiger partial charge in [-0.25, -0.2) is 0 Å². The van der Waals surface area contributed by atoms with Crippen molar-refractivity contribution in [1.82, 2.24) is 0 Å². The number of methoxy groups -OCH3 is 1. The van der Waals surface area contributed by atoms with Gasteiger partial charge in [-0.15, -0.1) is 0 Å². The first kappa shape index (κ1) is 14.3. The molecule has 0 radical (unpaired) electrons. The molecule has 2 rings (SSSR count). The minimum Gasteiger partial charge on any atom is -0.495 e. The molecule has 2 aromatic carbocycles. The zero-order valence-corrected chi connectivity index (χ0v) is 12.2. The summed E-state index contributed by atoms with van der Waals surface area (Å²) in [5, 5.41) is 9.06. The first-order chi connectivity index (χ1) is 9.63. The molecule has 0 aliphatic carbocycles. The predicted octanol–water partition coefficient (Wildman–Crippen LogP) is 3.18. The van der Waals surface area contributed by atoms with E-state index in [1.165, 1.54) is 7.11 Å². The van der Waals surface area contributed by atoms with Gasteiger partial charge in [-0.3, -0.25) is 4.21 Å². The van der Waals surface area contributed by atoms with Crippen molar-refractivity contribution in [3.8, 4) is 11.8 Å². The van der Waals surface area contributed by atoms with Crippen LogP contribution in [0.15, 0.2) is 47.4 Å². The molecule has 2 aromatic rings. The SMILES string of the molecule is COc1ccc(CS(=O)c2cccc(C)c2)cc1C#N. The number of nitrogens with zero attached hydrogens (tertiary/aromatic N) is 1. The third kappa shape index (κ3) is 3.25. The van der Waals surface area contributed by atoms with Crippen molar-refractivity contribution in [1.29, 1.82) is 5.26 Å². The summed E-state index contributed by atoms with van der Waals surface area (Å²) >= 11 is 0. The molecule has 1 unspecified atom stereocenters. The van der Waals surface area contributed by atoms with E-state index in [0.717, 1.165) is 16.0 Å². The Bertz CT molecular complexity index is 689. The molecule has 3 nitrogen and oxygen atoms in total. The van der Waals surface area contributed by atoms with E-state index in [9.17, 15) is 4.21 Å². The Morgan fingerprint density at radius 1 is 1.25 bits per heavy atom. The highest BCUT2D eigenvalue weighted by molar-refractivity contribution is 7.84. The average molecular weight is 285 g/mol. The summed E-state index contributed by atoms with van der Waals surface area (Å²) in [5.74, 6) is 0.930. The largest absolute Gasteiger partial charge is 0.495 e. The number of aryl methyl sites for hydroxylation is 1. The molecule has 0 aromatic heterocycles. The number of benzene rings is 2. The van der Waals surface area contributed by atoms with Gasteiger partial charge in [-0.1, -0.05) is 18.2 Å². The molecular weight excluding hydrogens is 270 g/mol. The molecule has 0 heterocycles. The second-order valence-electron chi connectivity index (χ2n) is 4.45. The molecule has 0 saturated carbocycles. The molecule has 0 aliphatic heterocycles. The van der Waals surface area contributed by atoms with Gasteiger partial charge in [0, 0.05) is 4.90 Å². The van der Waals surface area contributed by atoms with Gasteiger partial charge < -0.3 is 4.74 Å². The number of hydrogen-bond acceptors (Lipinski definition) is 3. The number of nitriles is 1. The van der Waals surface area contributed by atoms with Crippen molar-refractivity contribution in [2.45, 2.75) is 17.6 Å². The van der Waals surface area contributed by atoms with Crippen molar-refractivity contribution in [3.05, 3.63) is 59.2 Å². The zero-order valence-electron chi connectivity index (χ0n) is 11.4. The first-order valence-electron chi connectivity index (χ1n) is 6.16. The van der Waals surface area contributed by atoms with E-state index >= 15 is 0 Å². The van der Waals surface area contributed by atoms with Crippen LogP contribution in [0.25, 0.3) is 0 Å². The van der Waals surface area contributed by atoms with E-state index in [2.05, 4.69) is 6.07 Å². The van der Waals surface area contributed by atoms with E-state index in [-0.39, 0.29) is 0 Å². The van der Waals surface area contributed by atoms with Crippen LogP contribution in [0.2, 0.25) is 0 Å². The van der Waals surface area contributed by atoms with Gasteiger partial charge in [-0.2, -0.15) is 5.26 Å². The molecule has 20 heavy (non-hydrogen) atoms. The molecule has 0 spiro atoms. The summed E-state index contributed by atoms with van der Waals surface area (Å²) in [5.41, 5.74) is 2.41. The van der Waals surface area contributed by atoms with Gasteiger partial charge in [0.2, 0.25) is 0 Å². The Morgan fingerprint density at radius 2 is 2.05 bits per heavy atom. The van der Waals surface area contributed by atoms with Gasteiger partial charge in [0.15, 0.2) is 0 Å². The van der Waals surface area contributed by atoms with Gasteiger partial charge >= 0.3 is 0 Å². The molecule has 0 N–H and O–H groups in total. The summed E-state index contributed by atoms with van der Waals surface area (Å²) in [7, 11) is 0.415. The van der Waals surface area contributed by atoms with Crippen molar-refractivity contribution in [2.75, 3.05) is 7.11 Å². The maximum absolute atomic E-state index is 12.3. The summed E-state index contributed by atoms with van der Waals surface area (Å²) in [6.07, 6.45) is 0. The van der Waals surface area contributed by atoms with E-state index < -0.39 is 10.8 Å². The normalized spacial score (nSPS) is 11.7. The lowest BCUT2D eigenvalue weighted by atomic mass is 10.1. The van der Waals surface area contributed by atoms with Crippen LogP contribution in [0.5, 0.6) is 5.75 Å². The lowest BCUT2D eigenvalue weighted by molar-refractivity contribution is 0.413. The summed E-state index contributed by atoms with van der Waals surface area (Å²) in [6.45, 7) is 1.97. The van der Waals surface area contributed by atoms with Crippen LogP contribution in [0, 0.1) is 18.3 Å². The van der Waals surface area contributed by atoms with Gasteiger partial charge in [0.25, 0.3) is 0 Å². The quantitative estimate of drug-likeness (QED) is 0.867. The third-order valence-electron chi connectivity index (χ3n) is 2.93. The number of hydrogen-bond donors (Lipinski definition) is 0. The molecule has 0 aliphatic rings. The summed E-state index contributed by atoms with van der Waals surface area (Å²) in [6, 6.07) is 15.0. The molecule has 4 heteroatoms. The van der Waals surface area contributed by atoms with Crippen LogP contribution in [0.1, 0.15) is 16.7 Å². The molecule has 0 amide bonds. The fraction of sp³-hybridized carbons (Fsp3) is 0.188. The van der Waals surface area contributed by atoms with Crippen LogP contribution < -0.4 is 4.74 Å². The number of rotatable bonds is 4. The van der Waals surface area contributed by atoms with Crippen LogP contribution in [0.4, 0.5) is 0 Å². The summed E-state index contributed by atoms with van der Waals surface area (Å²) < 4.78 is 17.4. The van der Waals surface area contributed by atoms with Gasteiger partial charge in [-0.05, 0) is 42.3 Å². The van der Waals surface area contributed by atoms with E-state index in [4.69, 9.17) is 10.00 Å². The Hall–Kier alpha value is -2.12. The van der Waals surface area contributed by atoms with Crippen molar-refractivity contribution >= 4 is 10.8 Å². The maximum atomic E-state index is 12.3. The Labute approximate surface area is 121 Å².